The van der Waals surface area contributed by atoms with E-state index in [0.29, 0.717) is 34.1 Å². The van der Waals surface area contributed by atoms with Gasteiger partial charge in [-0.1, -0.05) is 17.5 Å². The van der Waals surface area contributed by atoms with E-state index in [0.717, 1.165) is 19.3 Å². The number of piperidine rings is 1. The van der Waals surface area contributed by atoms with Crippen molar-refractivity contribution in [1.29, 1.82) is 0 Å². The summed E-state index contributed by atoms with van der Waals surface area (Å²) in [6.45, 7) is 3.56. The Balaban J connectivity index is 0.00000300. The van der Waals surface area contributed by atoms with Crippen molar-refractivity contribution in [2.24, 2.45) is 0 Å². The predicted molar refractivity (Wildman–Crippen MR) is 118 cm³/mol. The number of fused-ring (bicyclic) bond motifs is 2. The Morgan fingerprint density at radius 2 is 2.10 bits per heavy atom. The fourth-order valence-corrected chi connectivity index (χ4v) is 4.49. The lowest BCUT2D eigenvalue weighted by Crippen LogP contribution is -2.50. The molecule has 4 unspecified atom stereocenters. The highest BCUT2D eigenvalue weighted by Gasteiger charge is 2.45. The van der Waals surface area contributed by atoms with Crippen molar-refractivity contribution in [1.82, 2.24) is 10.2 Å². The van der Waals surface area contributed by atoms with Crippen LogP contribution in [-0.4, -0.2) is 55.3 Å². The average Bonchev–Trinajstić information content (AvgIpc) is 2.82. The number of likely N-dealkylation sites (N-methyl/N-ethyl adjacent to an activating group) is 1. The van der Waals surface area contributed by atoms with Crippen molar-refractivity contribution in [2.75, 3.05) is 19.9 Å². The Morgan fingerprint density at radius 3 is 2.76 bits per heavy atom. The topological polar surface area (TPSA) is 76.8 Å². The summed E-state index contributed by atoms with van der Waals surface area (Å²) < 4.78 is 11.5. The second-order valence-electron chi connectivity index (χ2n) is 7.56. The summed E-state index contributed by atoms with van der Waals surface area (Å²) in [5.41, 5.74) is 6.65. The van der Waals surface area contributed by atoms with Crippen LogP contribution < -0.4 is 15.8 Å². The number of rotatable bonds is 5. The van der Waals surface area contributed by atoms with Crippen LogP contribution in [0.3, 0.4) is 0 Å². The van der Waals surface area contributed by atoms with E-state index in [2.05, 4.69) is 29.1 Å². The van der Waals surface area contributed by atoms with Gasteiger partial charge in [0.2, 0.25) is 0 Å². The molecule has 2 aliphatic heterocycles. The molecule has 3 N–H and O–H groups in total. The van der Waals surface area contributed by atoms with Gasteiger partial charge < -0.3 is 20.5 Å². The van der Waals surface area contributed by atoms with Gasteiger partial charge >= 0.3 is 0 Å². The number of nitrogens with two attached hydrogens (primary N) is 1. The molecule has 1 aromatic rings. The second kappa shape index (κ2) is 9.90. The Morgan fingerprint density at radius 1 is 1.38 bits per heavy atom. The smallest absolute Gasteiger partial charge is 0.255 e. The van der Waals surface area contributed by atoms with Crippen LogP contribution >= 0.6 is 24.0 Å². The number of halogens is 2. The van der Waals surface area contributed by atoms with Crippen LogP contribution in [0, 0.1) is 11.8 Å². The van der Waals surface area contributed by atoms with Crippen molar-refractivity contribution >= 4 is 35.6 Å². The Hall–Kier alpha value is -1.65. The van der Waals surface area contributed by atoms with E-state index in [1.807, 2.05) is 6.92 Å². The van der Waals surface area contributed by atoms with Gasteiger partial charge in [0, 0.05) is 31.3 Å². The number of carbonyl (C=O) groups is 1. The van der Waals surface area contributed by atoms with Crippen molar-refractivity contribution in [3.8, 4) is 17.6 Å². The fraction of sp³-hybridized carbons (Fsp3) is 0.571. The minimum absolute atomic E-state index is 0. The van der Waals surface area contributed by atoms with Crippen molar-refractivity contribution in [2.45, 2.75) is 63.4 Å². The molecule has 1 amide bonds. The lowest BCUT2D eigenvalue weighted by molar-refractivity contribution is 0.0523. The SMILES string of the molecule is CC#C[C@H](C)Oc1cc(N)c(Cl)cc1C(=O)NC1CC2CC(OC)C(C1)N2C.Cl. The largest absolute Gasteiger partial charge is 0.477 e. The van der Waals surface area contributed by atoms with Gasteiger partial charge in [-0.3, -0.25) is 9.69 Å². The summed E-state index contributed by atoms with van der Waals surface area (Å²) in [7, 11) is 3.89. The number of carbonyl (C=O) groups excluding carboxylic acids is 1. The standard InChI is InChI=1S/C21H28ClN3O3.ClH/c1-5-6-12(2)28-19-11-17(23)16(22)10-15(19)21(26)24-13-7-14-9-20(27-4)18(8-13)25(14)3;/h10-14,18,20H,7-9,23H2,1-4H3,(H,24,26);1H/t12-,13?,14?,18?,20?;/m0./s1. The van der Waals surface area contributed by atoms with Crippen LogP contribution in [0.25, 0.3) is 0 Å². The van der Waals surface area contributed by atoms with Crippen molar-refractivity contribution in [3.63, 3.8) is 0 Å². The number of nitrogens with one attached hydrogen (secondary N) is 1. The number of benzene rings is 1. The molecule has 0 saturated carbocycles. The molecule has 5 atom stereocenters. The molecular weight excluding hydrogens is 413 g/mol. The van der Waals surface area contributed by atoms with Crippen LogP contribution in [0.2, 0.25) is 5.02 Å². The van der Waals surface area contributed by atoms with E-state index in [-0.39, 0.29) is 36.6 Å². The third kappa shape index (κ3) is 5.10. The lowest BCUT2D eigenvalue weighted by atomic mass is 9.97. The third-order valence-electron chi connectivity index (χ3n) is 5.75. The minimum atomic E-state index is -0.362. The van der Waals surface area contributed by atoms with Gasteiger partial charge in [-0.15, -0.1) is 18.3 Å². The first-order chi connectivity index (χ1) is 13.3. The van der Waals surface area contributed by atoms with Gasteiger partial charge in [0.25, 0.3) is 5.91 Å². The Labute approximate surface area is 183 Å². The van der Waals surface area contributed by atoms with Gasteiger partial charge in [-0.05, 0) is 46.2 Å². The maximum atomic E-state index is 13.0. The molecule has 2 fully saturated rings. The molecule has 2 heterocycles. The fourth-order valence-electron chi connectivity index (χ4n) is 4.32. The highest BCUT2D eigenvalue weighted by atomic mass is 35.5. The molecular formula is C21H29Cl2N3O3. The van der Waals surface area contributed by atoms with E-state index >= 15 is 0 Å². The maximum absolute atomic E-state index is 13.0. The number of nitrogens with zero attached hydrogens (tertiary/aromatic N) is 1. The number of amides is 1. The molecule has 0 spiro atoms. The van der Waals surface area contributed by atoms with Crippen LogP contribution in [0.5, 0.6) is 5.75 Å². The molecule has 2 saturated heterocycles. The number of methoxy groups -OCH3 is 1. The molecule has 3 rings (SSSR count). The molecule has 160 valence electrons. The predicted octanol–water partition coefficient (Wildman–Crippen LogP) is 3.11. The van der Waals surface area contributed by atoms with E-state index in [9.17, 15) is 4.79 Å². The van der Waals surface area contributed by atoms with Gasteiger partial charge in [0.1, 0.15) is 5.75 Å². The number of ether oxygens (including phenoxy) is 2. The first-order valence-corrected chi connectivity index (χ1v) is 9.95. The summed E-state index contributed by atoms with van der Waals surface area (Å²) in [5.74, 6) is 5.90. The van der Waals surface area contributed by atoms with Crippen LogP contribution in [0.4, 0.5) is 5.69 Å². The molecule has 6 nitrogen and oxygen atoms in total. The molecule has 1 aromatic carbocycles. The summed E-state index contributed by atoms with van der Waals surface area (Å²) in [6, 6.07) is 3.97. The minimum Gasteiger partial charge on any atom is -0.477 e. The molecule has 0 aliphatic carbocycles. The van der Waals surface area contributed by atoms with E-state index in [1.165, 1.54) is 0 Å². The normalized spacial score (nSPS) is 26.7. The Kier molecular flexibility index (Phi) is 8.07. The third-order valence-corrected chi connectivity index (χ3v) is 6.08. The van der Waals surface area contributed by atoms with Crippen molar-refractivity contribution in [3.05, 3.63) is 22.7 Å². The van der Waals surface area contributed by atoms with Crippen LogP contribution in [-0.2, 0) is 4.74 Å². The molecule has 8 heteroatoms. The van der Waals surface area contributed by atoms with Gasteiger partial charge in [-0.2, -0.15) is 0 Å². The van der Waals surface area contributed by atoms with Gasteiger partial charge in [-0.25, -0.2) is 0 Å². The zero-order valence-electron chi connectivity index (χ0n) is 17.2. The summed E-state index contributed by atoms with van der Waals surface area (Å²) in [4.78, 5) is 15.4. The number of anilines is 1. The van der Waals surface area contributed by atoms with Crippen molar-refractivity contribution < 1.29 is 14.3 Å². The maximum Gasteiger partial charge on any atom is 0.255 e. The van der Waals surface area contributed by atoms with Gasteiger partial charge in [0.15, 0.2) is 6.10 Å². The number of hydrogen-bond acceptors (Lipinski definition) is 5. The second-order valence-corrected chi connectivity index (χ2v) is 7.97. The molecule has 2 bridgehead atoms. The van der Waals surface area contributed by atoms with Crippen LogP contribution in [0.1, 0.15) is 43.5 Å². The quantitative estimate of drug-likeness (QED) is 0.542. The highest BCUT2D eigenvalue weighted by Crippen LogP contribution is 2.36. The van der Waals surface area contributed by atoms with E-state index in [4.69, 9.17) is 26.8 Å². The lowest BCUT2D eigenvalue weighted by Gasteiger charge is -2.37. The summed E-state index contributed by atoms with van der Waals surface area (Å²) in [6.07, 6.45) is 2.61. The average molecular weight is 442 g/mol. The molecule has 29 heavy (non-hydrogen) atoms. The zero-order valence-corrected chi connectivity index (χ0v) is 18.8. The molecule has 0 radical (unpaired) electrons. The summed E-state index contributed by atoms with van der Waals surface area (Å²) >= 11 is 6.17. The van der Waals surface area contributed by atoms with E-state index in [1.54, 1.807) is 26.2 Å². The summed E-state index contributed by atoms with van der Waals surface area (Å²) in [5, 5.41) is 3.49. The number of nitrogen functional groups attached to an aromatic ring is 1. The molecule has 0 aromatic heterocycles. The first kappa shape index (κ1) is 23.6. The number of hydrogen-bond donors (Lipinski definition) is 2. The highest BCUT2D eigenvalue weighted by molar-refractivity contribution is 6.33. The van der Waals surface area contributed by atoms with Gasteiger partial charge in [0.05, 0.1) is 22.4 Å². The van der Waals surface area contributed by atoms with E-state index < -0.39 is 0 Å². The molecule has 2 aliphatic rings. The zero-order chi connectivity index (χ0) is 20.4. The van der Waals surface area contributed by atoms with Crippen LogP contribution in [0.15, 0.2) is 12.1 Å². The Bertz CT molecular complexity index is 808. The first-order valence-electron chi connectivity index (χ1n) is 9.57. The monoisotopic (exact) mass is 441 g/mol.